The Morgan fingerprint density at radius 3 is 2.07 bits per heavy atom. The molecule has 0 spiro atoms. The summed E-state index contributed by atoms with van der Waals surface area (Å²) in [6.45, 7) is 9.52. The van der Waals surface area contributed by atoms with Crippen molar-refractivity contribution < 1.29 is 4.74 Å². The van der Waals surface area contributed by atoms with Gasteiger partial charge in [-0.05, 0) is 41.2 Å². The fourth-order valence-corrected chi connectivity index (χ4v) is 1.15. The standard InChI is InChI=1S/C11H24ClNO/c1-10(2,9-12)13(5)8-7-11(3,4)14-6/h7-9H2,1-6H3. The maximum atomic E-state index is 5.90. The van der Waals surface area contributed by atoms with Gasteiger partial charge in [0, 0.05) is 25.1 Å². The molecule has 0 atom stereocenters. The van der Waals surface area contributed by atoms with Gasteiger partial charge in [0.05, 0.1) is 5.60 Å². The van der Waals surface area contributed by atoms with Crippen LogP contribution in [0.4, 0.5) is 0 Å². The summed E-state index contributed by atoms with van der Waals surface area (Å²) in [7, 11) is 3.86. The van der Waals surface area contributed by atoms with Crippen LogP contribution in [0.1, 0.15) is 34.1 Å². The molecule has 0 unspecified atom stereocenters. The second-order valence-electron chi connectivity index (χ2n) is 5.08. The summed E-state index contributed by atoms with van der Waals surface area (Å²) in [5, 5.41) is 0. The molecule has 0 aliphatic rings. The van der Waals surface area contributed by atoms with Gasteiger partial charge in [-0.25, -0.2) is 0 Å². The highest BCUT2D eigenvalue weighted by Crippen LogP contribution is 2.18. The third kappa shape index (κ3) is 4.63. The van der Waals surface area contributed by atoms with Crippen LogP contribution in [0.2, 0.25) is 0 Å². The molecule has 0 amide bonds. The zero-order valence-electron chi connectivity index (χ0n) is 10.4. The number of ether oxygens (including phenoxy) is 1. The highest BCUT2D eigenvalue weighted by molar-refractivity contribution is 6.18. The fourth-order valence-electron chi connectivity index (χ4n) is 0.944. The second kappa shape index (κ2) is 5.34. The molecule has 0 aromatic carbocycles. The molecule has 0 heterocycles. The van der Waals surface area contributed by atoms with Gasteiger partial charge < -0.3 is 4.74 Å². The monoisotopic (exact) mass is 221 g/mol. The van der Waals surface area contributed by atoms with E-state index in [1.54, 1.807) is 7.11 Å². The van der Waals surface area contributed by atoms with E-state index >= 15 is 0 Å². The molecule has 0 aliphatic heterocycles. The van der Waals surface area contributed by atoms with Gasteiger partial charge in [-0.1, -0.05) is 0 Å². The van der Waals surface area contributed by atoms with E-state index in [1.165, 1.54) is 0 Å². The Morgan fingerprint density at radius 1 is 1.21 bits per heavy atom. The minimum atomic E-state index is -0.0450. The quantitative estimate of drug-likeness (QED) is 0.640. The summed E-state index contributed by atoms with van der Waals surface area (Å²) in [5.74, 6) is 0.650. The van der Waals surface area contributed by atoms with E-state index in [4.69, 9.17) is 16.3 Å². The average Bonchev–Trinajstić information content (AvgIpc) is 2.14. The topological polar surface area (TPSA) is 12.5 Å². The molecule has 0 N–H and O–H groups in total. The molecule has 0 bridgehead atoms. The molecule has 0 aromatic heterocycles. The van der Waals surface area contributed by atoms with Crippen LogP contribution in [0.5, 0.6) is 0 Å². The molecular weight excluding hydrogens is 198 g/mol. The lowest BCUT2D eigenvalue weighted by Crippen LogP contribution is -2.44. The molecule has 0 fully saturated rings. The molecule has 3 heteroatoms. The van der Waals surface area contributed by atoms with Crippen molar-refractivity contribution >= 4 is 11.6 Å². The first-order chi connectivity index (χ1) is 6.25. The van der Waals surface area contributed by atoms with Crippen molar-refractivity contribution in [3.8, 4) is 0 Å². The van der Waals surface area contributed by atoms with Gasteiger partial charge in [0.25, 0.3) is 0 Å². The van der Waals surface area contributed by atoms with Gasteiger partial charge in [-0.3, -0.25) is 4.90 Å². The average molecular weight is 222 g/mol. The van der Waals surface area contributed by atoms with Crippen LogP contribution < -0.4 is 0 Å². The highest BCUT2D eigenvalue weighted by Gasteiger charge is 2.24. The van der Waals surface area contributed by atoms with Crippen LogP contribution in [-0.2, 0) is 4.74 Å². The number of hydrogen-bond donors (Lipinski definition) is 0. The molecule has 0 radical (unpaired) electrons. The molecule has 0 aromatic rings. The molecule has 0 saturated heterocycles. The minimum Gasteiger partial charge on any atom is -0.379 e. The Morgan fingerprint density at radius 2 is 1.71 bits per heavy atom. The first-order valence-corrected chi connectivity index (χ1v) is 5.61. The molecule has 14 heavy (non-hydrogen) atoms. The lowest BCUT2D eigenvalue weighted by atomic mass is 10.0. The lowest BCUT2D eigenvalue weighted by Gasteiger charge is -2.36. The first kappa shape index (κ1) is 14.2. The Bertz CT molecular complexity index is 169. The minimum absolute atomic E-state index is 0.0450. The summed E-state index contributed by atoms with van der Waals surface area (Å²) in [6, 6.07) is 0. The number of halogens is 1. The third-order valence-corrected chi connectivity index (χ3v) is 3.62. The molecule has 86 valence electrons. The Labute approximate surface area is 93.6 Å². The summed E-state index contributed by atoms with van der Waals surface area (Å²) in [4.78, 5) is 2.28. The van der Waals surface area contributed by atoms with Crippen molar-refractivity contribution in [3.05, 3.63) is 0 Å². The highest BCUT2D eigenvalue weighted by atomic mass is 35.5. The SMILES string of the molecule is COC(C)(C)CCN(C)C(C)(C)CCl. The van der Waals surface area contributed by atoms with Gasteiger partial charge in [-0.15, -0.1) is 11.6 Å². The number of methoxy groups -OCH3 is 1. The van der Waals surface area contributed by atoms with Crippen LogP contribution in [0, 0.1) is 0 Å². The summed E-state index contributed by atoms with van der Waals surface area (Å²) >= 11 is 5.90. The van der Waals surface area contributed by atoms with Crippen molar-refractivity contribution in [1.29, 1.82) is 0 Å². The number of nitrogens with zero attached hydrogens (tertiary/aromatic N) is 1. The molecule has 0 rings (SSSR count). The fraction of sp³-hybridized carbons (Fsp3) is 1.00. The largest absolute Gasteiger partial charge is 0.379 e. The molecule has 0 aliphatic carbocycles. The Hall–Kier alpha value is 0.210. The Balaban J connectivity index is 4.02. The maximum absolute atomic E-state index is 5.90. The normalized spacial score (nSPS) is 13.7. The van der Waals surface area contributed by atoms with Gasteiger partial charge in [0.2, 0.25) is 0 Å². The number of rotatable bonds is 6. The smallest absolute Gasteiger partial charge is 0.0634 e. The summed E-state index contributed by atoms with van der Waals surface area (Å²) < 4.78 is 5.37. The van der Waals surface area contributed by atoms with E-state index in [2.05, 4.69) is 39.6 Å². The van der Waals surface area contributed by atoms with Gasteiger partial charge in [0.1, 0.15) is 0 Å². The predicted molar refractivity (Wildman–Crippen MR) is 63.1 cm³/mol. The van der Waals surface area contributed by atoms with E-state index in [9.17, 15) is 0 Å². The van der Waals surface area contributed by atoms with Crippen LogP contribution in [0.25, 0.3) is 0 Å². The van der Waals surface area contributed by atoms with E-state index in [0.29, 0.717) is 5.88 Å². The summed E-state index contributed by atoms with van der Waals surface area (Å²) in [5.41, 5.74) is 0.0159. The van der Waals surface area contributed by atoms with Gasteiger partial charge >= 0.3 is 0 Å². The van der Waals surface area contributed by atoms with E-state index < -0.39 is 0 Å². The molecule has 0 saturated carbocycles. The van der Waals surface area contributed by atoms with Crippen molar-refractivity contribution in [3.63, 3.8) is 0 Å². The number of alkyl halides is 1. The van der Waals surface area contributed by atoms with E-state index in [-0.39, 0.29) is 11.1 Å². The van der Waals surface area contributed by atoms with E-state index in [1.807, 2.05) is 0 Å². The van der Waals surface area contributed by atoms with Crippen molar-refractivity contribution in [2.75, 3.05) is 26.6 Å². The first-order valence-electron chi connectivity index (χ1n) is 5.07. The van der Waals surface area contributed by atoms with Gasteiger partial charge in [-0.2, -0.15) is 0 Å². The molecule has 2 nitrogen and oxygen atoms in total. The van der Waals surface area contributed by atoms with Crippen LogP contribution in [-0.4, -0.2) is 42.6 Å². The van der Waals surface area contributed by atoms with Crippen LogP contribution >= 0.6 is 11.6 Å². The lowest BCUT2D eigenvalue weighted by molar-refractivity contribution is 0.00306. The predicted octanol–water partition coefficient (Wildman–Crippen LogP) is 2.75. The maximum Gasteiger partial charge on any atom is 0.0634 e. The Kier molecular flexibility index (Phi) is 5.42. The second-order valence-corrected chi connectivity index (χ2v) is 5.35. The van der Waals surface area contributed by atoms with Crippen LogP contribution in [0.3, 0.4) is 0 Å². The summed E-state index contributed by atoms with van der Waals surface area (Å²) in [6.07, 6.45) is 1.01. The van der Waals surface area contributed by atoms with Crippen molar-refractivity contribution in [2.24, 2.45) is 0 Å². The van der Waals surface area contributed by atoms with Gasteiger partial charge in [0.15, 0.2) is 0 Å². The number of hydrogen-bond acceptors (Lipinski definition) is 2. The van der Waals surface area contributed by atoms with Crippen molar-refractivity contribution in [2.45, 2.75) is 45.3 Å². The zero-order chi connectivity index (χ0) is 11.4. The van der Waals surface area contributed by atoms with E-state index in [0.717, 1.165) is 13.0 Å². The van der Waals surface area contributed by atoms with Crippen molar-refractivity contribution in [1.82, 2.24) is 4.90 Å². The molecular formula is C11H24ClNO. The third-order valence-electron chi connectivity index (χ3n) is 2.96. The van der Waals surface area contributed by atoms with Crippen LogP contribution in [0.15, 0.2) is 0 Å². The zero-order valence-corrected chi connectivity index (χ0v) is 11.1.